The van der Waals surface area contributed by atoms with Crippen molar-refractivity contribution in [2.45, 2.75) is 49.6 Å². The second-order valence-corrected chi connectivity index (χ2v) is 4.91. The number of carboxylic acid groups (broad SMARTS) is 1. The van der Waals surface area contributed by atoms with E-state index in [1.807, 2.05) is 0 Å². The van der Waals surface area contributed by atoms with Crippen LogP contribution in [0.4, 0.5) is 0 Å². The van der Waals surface area contributed by atoms with Crippen LogP contribution in [0.1, 0.15) is 13.3 Å². The van der Waals surface area contributed by atoms with Gasteiger partial charge in [0.25, 0.3) is 5.79 Å². The third-order valence-corrected chi connectivity index (χ3v) is 3.21. The number of rotatable bonds is 5. The van der Waals surface area contributed by atoms with Crippen LogP contribution in [-0.4, -0.2) is 85.4 Å². The molecule has 6 atom stereocenters. The molecule has 1 aliphatic rings. The van der Waals surface area contributed by atoms with Crippen molar-refractivity contribution < 1.29 is 45.0 Å². The molecule has 122 valence electrons. The van der Waals surface area contributed by atoms with Crippen molar-refractivity contribution in [1.82, 2.24) is 5.32 Å². The molecule has 1 heterocycles. The topological polar surface area (TPSA) is 177 Å². The van der Waals surface area contributed by atoms with E-state index < -0.39 is 61.1 Å². The predicted molar refractivity (Wildman–Crippen MR) is 64.8 cm³/mol. The van der Waals surface area contributed by atoms with Gasteiger partial charge in [-0.05, 0) is 0 Å². The Morgan fingerprint density at radius 2 is 2.00 bits per heavy atom. The Morgan fingerprint density at radius 1 is 1.43 bits per heavy atom. The highest BCUT2D eigenvalue weighted by molar-refractivity contribution is 5.76. The maximum Gasteiger partial charge on any atom is 0.364 e. The SMILES string of the molecule is CC(=O)NC1[C@H](O)CC(O)(C(=O)O)O[C@@H]1[C@H](O)[C@H](O)CO. The van der Waals surface area contributed by atoms with Gasteiger partial charge in [0, 0.05) is 13.3 Å². The third-order valence-electron chi connectivity index (χ3n) is 3.21. The van der Waals surface area contributed by atoms with Crippen LogP contribution in [0.15, 0.2) is 0 Å². The van der Waals surface area contributed by atoms with Crippen LogP contribution >= 0.6 is 0 Å². The van der Waals surface area contributed by atoms with E-state index in [2.05, 4.69) is 5.32 Å². The Morgan fingerprint density at radius 3 is 2.43 bits per heavy atom. The number of hydrogen-bond acceptors (Lipinski definition) is 8. The van der Waals surface area contributed by atoms with Gasteiger partial charge in [0.1, 0.15) is 18.3 Å². The van der Waals surface area contributed by atoms with Crippen LogP contribution in [0.25, 0.3) is 0 Å². The van der Waals surface area contributed by atoms with Crippen LogP contribution in [0.2, 0.25) is 0 Å². The monoisotopic (exact) mass is 309 g/mol. The average molecular weight is 309 g/mol. The molecule has 0 saturated carbocycles. The molecule has 21 heavy (non-hydrogen) atoms. The second kappa shape index (κ2) is 6.64. The summed E-state index contributed by atoms with van der Waals surface area (Å²) in [5.74, 6) is -5.17. The summed E-state index contributed by atoms with van der Waals surface area (Å²) < 4.78 is 4.86. The maximum atomic E-state index is 11.1. The number of aliphatic carboxylic acids is 1. The van der Waals surface area contributed by atoms with Crippen molar-refractivity contribution in [2.75, 3.05) is 6.61 Å². The van der Waals surface area contributed by atoms with Gasteiger partial charge in [-0.2, -0.15) is 0 Å². The highest BCUT2D eigenvalue weighted by Crippen LogP contribution is 2.30. The zero-order chi connectivity index (χ0) is 16.4. The number of carbonyl (C=O) groups is 2. The molecule has 0 spiro atoms. The van der Waals surface area contributed by atoms with Gasteiger partial charge >= 0.3 is 5.97 Å². The first-order valence-electron chi connectivity index (χ1n) is 6.18. The smallest absolute Gasteiger partial charge is 0.364 e. The Bertz CT molecular complexity index is 403. The first kappa shape index (κ1) is 17.8. The van der Waals surface area contributed by atoms with E-state index in [-0.39, 0.29) is 0 Å². The molecule has 7 N–H and O–H groups in total. The summed E-state index contributed by atoms with van der Waals surface area (Å²) in [5, 5.41) is 59.0. The summed E-state index contributed by atoms with van der Waals surface area (Å²) in [6.07, 6.45) is -7.48. The Balaban J connectivity index is 3.07. The summed E-state index contributed by atoms with van der Waals surface area (Å²) in [7, 11) is 0. The molecular weight excluding hydrogens is 290 g/mol. The van der Waals surface area contributed by atoms with Crippen molar-refractivity contribution in [1.29, 1.82) is 0 Å². The van der Waals surface area contributed by atoms with Gasteiger partial charge in [0.15, 0.2) is 0 Å². The molecule has 1 rings (SSSR count). The van der Waals surface area contributed by atoms with E-state index in [1.54, 1.807) is 0 Å². The summed E-state index contributed by atoms with van der Waals surface area (Å²) in [6.45, 7) is 0.256. The van der Waals surface area contributed by atoms with Crippen LogP contribution in [0, 0.1) is 0 Å². The molecule has 0 bridgehead atoms. The van der Waals surface area contributed by atoms with Crippen LogP contribution in [0.3, 0.4) is 0 Å². The number of amides is 1. The fraction of sp³-hybridized carbons (Fsp3) is 0.818. The van der Waals surface area contributed by atoms with Crippen molar-refractivity contribution >= 4 is 11.9 Å². The number of ether oxygens (including phenoxy) is 1. The average Bonchev–Trinajstić information content (AvgIpc) is 2.39. The number of aliphatic hydroxyl groups is 5. The van der Waals surface area contributed by atoms with Crippen molar-refractivity contribution in [2.24, 2.45) is 0 Å². The molecule has 0 aromatic rings. The number of carboxylic acids is 1. The van der Waals surface area contributed by atoms with Gasteiger partial charge in [-0.15, -0.1) is 0 Å². The molecule has 0 aromatic carbocycles. The molecule has 1 fully saturated rings. The van der Waals surface area contributed by atoms with Gasteiger partial charge < -0.3 is 40.7 Å². The van der Waals surface area contributed by atoms with Gasteiger partial charge in [-0.3, -0.25) is 4.79 Å². The van der Waals surface area contributed by atoms with E-state index in [0.29, 0.717) is 0 Å². The summed E-state index contributed by atoms with van der Waals surface area (Å²) >= 11 is 0. The molecule has 0 radical (unpaired) electrons. The number of aliphatic hydroxyl groups excluding tert-OH is 4. The van der Waals surface area contributed by atoms with E-state index in [1.165, 1.54) is 0 Å². The highest BCUT2D eigenvalue weighted by atomic mass is 16.7. The molecule has 0 aromatic heterocycles. The minimum atomic E-state index is -2.78. The molecule has 10 nitrogen and oxygen atoms in total. The lowest BCUT2D eigenvalue weighted by Gasteiger charge is -2.44. The van der Waals surface area contributed by atoms with Crippen molar-refractivity contribution in [3.63, 3.8) is 0 Å². The summed E-state index contributed by atoms with van der Waals surface area (Å²) in [4.78, 5) is 22.1. The highest BCUT2D eigenvalue weighted by Gasteiger charge is 2.53. The van der Waals surface area contributed by atoms with E-state index in [0.717, 1.165) is 6.92 Å². The van der Waals surface area contributed by atoms with Crippen LogP contribution in [0.5, 0.6) is 0 Å². The number of carbonyl (C=O) groups excluding carboxylic acids is 1. The normalized spacial score (nSPS) is 35.8. The Kier molecular flexibility index (Phi) is 5.61. The maximum absolute atomic E-state index is 11.1. The fourth-order valence-corrected chi connectivity index (χ4v) is 2.14. The molecule has 2 unspecified atom stereocenters. The molecular formula is C11H19NO9. The Hall–Kier alpha value is -1.30. The molecule has 0 aliphatic carbocycles. The first-order chi connectivity index (χ1) is 9.62. The minimum absolute atomic E-state index is 0.598. The molecule has 1 amide bonds. The van der Waals surface area contributed by atoms with Gasteiger partial charge in [0.2, 0.25) is 5.91 Å². The summed E-state index contributed by atoms with van der Waals surface area (Å²) in [5.41, 5.74) is 0. The fourth-order valence-electron chi connectivity index (χ4n) is 2.14. The van der Waals surface area contributed by atoms with Crippen molar-refractivity contribution in [3.8, 4) is 0 Å². The lowest BCUT2D eigenvalue weighted by molar-refractivity contribution is -0.295. The summed E-state index contributed by atoms with van der Waals surface area (Å²) in [6, 6.07) is -1.27. The lowest BCUT2D eigenvalue weighted by Crippen LogP contribution is -2.67. The zero-order valence-electron chi connectivity index (χ0n) is 11.2. The third kappa shape index (κ3) is 3.87. The lowest BCUT2D eigenvalue weighted by atomic mass is 9.88. The quantitative estimate of drug-likeness (QED) is 0.268. The Labute approximate surface area is 119 Å². The van der Waals surface area contributed by atoms with E-state index in [9.17, 15) is 30.0 Å². The first-order valence-corrected chi connectivity index (χ1v) is 6.18. The molecule has 1 saturated heterocycles. The standard InChI is InChI=1S/C11H19NO9/c1-4(14)12-7-5(15)2-11(20,10(18)19)21-9(7)8(17)6(16)3-13/h5-9,13,15-17,20H,2-3H2,1H3,(H,12,14)(H,18,19)/t5-,6-,7?,8-,9+,11?/m1/s1. The number of hydrogen-bond donors (Lipinski definition) is 7. The van der Waals surface area contributed by atoms with Gasteiger partial charge in [-0.25, -0.2) is 4.79 Å². The second-order valence-electron chi connectivity index (χ2n) is 4.91. The van der Waals surface area contributed by atoms with Crippen molar-refractivity contribution in [3.05, 3.63) is 0 Å². The minimum Gasteiger partial charge on any atom is -0.477 e. The van der Waals surface area contributed by atoms with Gasteiger partial charge in [0.05, 0.1) is 18.8 Å². The van der Waals surface area contributed by atoms with E-state index in [4.69, 9.17) is 14.9 Å². The zero-order valence-corrected chi connectivity index (χ0v) is 11.2. The largest absolute Gasteiger partial charge is 0.477 e. The predicted octanol–water partition coefficient (Wildman–Crippen LogP) is -3.87. The van der Waals surface area contributed by atoms with E-state index >= 15 is 0 Å². The van der Waals surface area contributed by atoms with Crippen LogP contribution in [-0.2, 0) is 14.3 Å². The van der Waals surface area contributed by atoms with Crippen LogP contribution < -0.4 is 5.32 Å². The molecule has 1 aliphatic heterocycles. The number of nitrogens with one attached hydrogen (secondary N) is 1. The van der Waals surface area contributed by atoms with Gasteiger partial charge in [-0.1, -0.05) is 0 Å². The molecule has 10 heteroatoms.